The van der Waals surface area contributed by atoms with Crippen molar-refractivity contribution in [2.24, 2.45) is 0 Å². The van der Waals surface area contributed by atoms with Gasteiger partial charge in [0.1, 0.15) is 0 Å². The Balaban J connectivity index is 1.93. The van der Waals surface area contributed by atoms with Gasteiger partial charge in [0.15, 0.2) is 11.6 Å². The van der Waals surface area contributed by atoms with Gasteiger partial charge in [-0.25, -0.2) is 13.6 Å². The van der Waals surface area contributed by atoms with Crippen LogP contribution in [0.1, 0.15) is 15.9 Å². The molecule has 0 spiro atoms. The van der Waals surface area contributed by atoms with E-state index in [-0.39, 0.29) is 22.5 Å². The molecule has 132 valence electrons. The minimum absolute atomic E-state index is 0.0730. The van der Waals surface area contributed by atoms with Crippen LogP contribution in [0.3, 0.4) is 0 Å². The fourth-order valence-electron chi connectivity index (χ4n) is 2.54. The van der Waals surface area contributed by atoms with E-state index in [2.05, 4.69) is 10.3 Å². The fraction of sp³-hybridized carbons (Fsp3) is 0.0526. The van der Waals surface area contributed by atoms with Gasteiger partial charge in [-0.3, -0.25) is 4.98 Å². The number of pyridine rings is 1. The SMILES string of the molecule is Cc1ccc(Nc2ccc(-c3c(N)ccc(F)c3F)nc2)c(C(=O)O)c1. The normalized spacial score (nSPS) is 10.6. The smallest absolute Gasteiger partial charge is 0.337 e. The molecule has 5 nitrogen and oxygen atoms in total. The Hall–Kier alpha value is -3.48. The number of anilines is 3. The number of carboxylic acid groups (broad SMARTS) is 1. The average Bonchev–Trinajstić information content (AvgIpc) is 2.61. The lowest BCUT2D eigenvalue weighted by molar-refractivity contribution is 0.0698. The summed E-state index contributed by atoms with van der Waals surface area (Å²) in [6, 6.07) is 10.3. The van der Waals surface area contributed by atoms with E-state index < -0.39 is 17.6 Å². The molecule has 1 aromatic heterocycles. The zero-order valence-electron chi connectivity index (χ0n) is 13.8. The quantitative estimate of drug-likeness (QED) is 0.605. The first-order valence-electron chi connectivity index (χ1n) is 7.67. The summed E-state index contributed by atoms with van der Waals surface area (Å²) in [5.41, 5.74) is 7.69. The number of hydrogen-bond acceptors (Lipinski definition) is 4. The number of aromatic nitrogens is 1. The second-order valence-electron chi connectivity index (χ2n) is 5.74. The van der Waals surface area contributed by atoms with Crippen LogP contribution in [0.15, 0.2) is 48.7 Å². The molecule has 0 saturated carbocycles. The molecule has 7 heteroatoms. The number of halogens is 2. The van der Waals surface area contributed by atoms with Crippen molar-refractivity contribution in [3.8, 4) is 11.3 Å². The minimum Gasteiger partial charge on any atom is -0.478 e. The van der Waals surface area contributed by atoms with Gasteiger partial charge in [-0.05, 0) is 43.3 Å². The molecular weight excluding hydrogens is 340 g/mol. The maximum atomic E-state index is 14.0. The predicted octanol–water partition coefficient (Wildman–Crippen LogP) is 4.36. The highest BCUT2D eigenvalue weighted by Crippen LogP contribution is 2.30. The van der Waals surface area contributed by atoms with Gasteiger partial charge in [0.2, 0.25) is 0 Å². The molecule has 1 heterocycles. The minimum atomic E-state index is -1.06. The largest absolute Gasteiger partial charge is 0.478 e. The molecule has 26 heavy (non-hydrogen) atoms. The number of aromatic carboxylic acids is 1. The van der Waals surface area contributed by atoms with Crippen molar-refractivity contribution in [3.63, 3.8) is 0 Å². The number of nitrogens with zero attached hydrogens (tertiary/aromatic N) is 1. The number of nitrogen functional groups attached to an aromatic ring is 1. The standard InChI is InChI=1S/C19H15F2N3O2/c1-10-2-6-15(12(8-10)19(25)26)24-11-3-7-16(23-9-11)17-14(22)5-4-13(20)18(17)21/h2-9,24H,22H2,1H3,(H,25,26). The van der Waals surface area contributed by atoms with E-state index in [0.29, 0.717) is 11.4 Å². The zero-order valence-corrected chi connectivity index (χ0v) is 13.8. The molecule has 0 aliphatic heterocycles. The number of nitrogens with two attached hydrogens (primary N) is 1. The number of benzene rings is 2. The van der Waals surface area contributed by atoms with E-state index >= 15 is 0 Å². The van der Waals surface area contributed by atoms with Gasteiger partial charge in [-0.2, -0.15) is 0 Å². The molecule has 0 unspecified atom stereocenters. The Kier molecular flexibility index (Phi) is 4.53. The first-order chi connectivity index (χ1) is 12.4. The van der Waals surface area contributed by atoms with Crippen molar-refractivity contribution < 1.29 is 18.7 Å². The molecular formula is C19H15F2N3O2. The lowest BCUT2D eigenvalue weighted by Gasteiger charge is -2.11. The number of carbonyl (C=O) groups is 1. The summed E-state index contributed by atoms with van der Waals surface area (Å²) in [4.78, 5) is 15.5. The third-order valence-electron chi connectivity index (χ3n) is 3.83. The van der Waals surface area contributed by atoms with Crippen LogP contribution >= 0.6 is 0 Å². The number of nitrogens with one attached hydrogen (secondary N) is 1. The zero-order chi connectivity index (χ0) is 18.8. The maximum absolute atomic E-state index is 14.0. The Morgan fingerprint density at radius 1 is 1.15 bits per heavy atom. The molecule has 0 atom stereocenters. The van der Waals surface area contributed by atoms with Crippen LogP contribution in [-0.4, -0.2) is 16.1 Å². The van der Waals surface area contributed by atoms with Crippen molar-refractivity contribution >= 4 is 23.0 Å². The molecule has 0 radical (unpaired) electrons. The van der Waals surface area contributed by atoms with Gasteiger partial charge in [-0.1, -0.05) is 11.6 Å². The van der Waals surface area contributed by atoms with E-state index in [4.69, 9.17) is 5.73 Å². The van der Waals surface area contributed by atoms with Crippen molar-refractivity contribution in [3.05, 3.63) is 71.4 Å². The Labute approximate surface area is 148 Å². The molecule has 4 N–H and O–H groups in total. The number of aryl methyl sites for hydroxylation is 1. The average molecular weight is 355 g/mol. The highest BCUT2D eigenvalue weighted by atomic mass is 19.2. The third kappa shape index (κ3) is 3.32. The van der Waals surface area contributed by atoms with E-state index in [1.807, 2.05) is 0 Å². The van der Waals surface area contributed by atoms with Crippen LogP contribution in [0.2, 0.25) is 0 Å². The number of carboxylic acids is 1. The first kappa shape index (κ1) is 17.3. The topological polar surface area (TPSA) is 88.2 Å². The van der Waals surface area contributed by atoms with Crippen molar-refractivity contribution in [1.82, 2.24) is 4.98 Å². The second kappa shape index (κ2) is 6.79. The van der Waals surface area contributed by atoms with Gasteiger partial charge in [0.25, 0.3) is 0 Å². The summed E-state index contributed by atoms with van der Waals surface area (Å²) >= 11 is 0. The van der Waals surface area contributed by atoms with Crippen LogP contribution in [0, 0.1) is 18.6 Å². The molecule has 0 fully saturated rings. The molecule has 3 aromatic rings. The van der Waals surface area contributed by atoms with E-state index in [0.717, 1.165) is 11.6 Å². The highest BCUT2D eigenvalue weighted by molar-refractivity contribution is 5.95. The molecule has 0 aliphatic carbocycles. The van der Waals surface area contributed by atoms with Gasteiger partial charge < -0.3 is 16.2 Å². The van der Waals surface area contributed by atoms with Crippen LogP contribution in [0.5, 0.6) is 0 Å². The lowest BCUT2D eigenvalue weighted by atomic mass is 10.1. The number of rotatable bonds is 4. The highest BCUT2D eigenvalue weighted by Gasteiger charge is 2.15. The van der Waals surface area contributed by atoms with Crippen molar-refractivity contribution in [1.29, 1.82) is 0 Å². The van der Waals surface area contributed by atoms with Crippen LogP contribution in [0.25, 0.3) is 11.3 Å². The summed E-state index contributed by atoms with van der Waals surface area (Å²) in [5, 5.41) is 12.3. The van der Waals surface area contributed by atoms with E-state index in [1.54, 1.807) is 31.2 Å². The van der Waals surface area contributed by atoms with Crippen LogP contribution in [-0.2, 0) is 0 Å². The molecule has 2 aromatic carbocycles. The monoisotopic (exact) mass is 355 g/mol. The molecule has 3 rings (SSSR count). The van der Waals surface area contributed by atoms with Crippen molar-refractivity contribution in [2.45, 2.75) is 6.92 Å². The van der Waals surface area contributed by atoms with Gasteiger partial charge >= 0.3 is 5.97 Å². The summed E-state index contributed by atoms with van der Waals surface area (Å²) < 4.78 is 27.4. The molecule has 0 saturated heterocycles. The summed E-state index contributed by atoms with van der Waals surface area (Å²) in [7, 11) is 0. The molecule has 0 bridgehead atoms. The second-order valence-corrected chi connectivity index (χ2v) is 5.74. The van der Waals surface area contributed by atoms with E-state index in [1.165, 1.54) is 18.3 Å². The van der Waals surface area contributed by atoms with Crippen LogP contribution < -0.4 is 11.1 Å². The summed E-state index contributed by atoms with van der Waals surface area (Å²) in [5.74, 6) is -3.13. The third-order valence-corrected chi connectivity index (χ3v) is 3.83. The van der Waals surface area contributed by atoms with Gasteiger partial charge in [0.05, 0.1) is 34.4 Å². The molecule has 0 aliphatic rings. The molecule has 0 amide bonds. The van der Waals surface area contributed by atoms with Crippen LogP contribution in [0.4, 0.5) is 25.8 Å². The lowest BCUT2D eigenvalue weighted by Crippen LogP contribution is -2.03. The Bertz CT molecular complexity index is 989. The fourth-order valence-corrected chi connectivity index (χ4v) is 2.54. The maximum Gasteiger partial charge on any atom is 0.337 e. The number of hydrogen-bond donors (Lipinski definition) is 3. The summed E-state index contributed by atoms with van der Waals surface area (Å²) in [6.07, 6.45) is 1.39. The van der Waals surface area contributed by atoms with E-state index in [9.17, 15) is 18.7 Å². The van der Waals surface area contributed by atoms with Crippen molar-refractivity contribution in [2.75, 3.05) is 11.1 Å². The summed E-state index contributed by atoms with van der Waals surface area (Å²) in [6.45, 7) is 1.80. The first-order valence-corrected chi connectivity index (χ1v) is 7.67. The van der Waals surface area contributed by atoms with Gasteiger partial charge in [0, 0.05) is 5.69 Å². The Morgan fingerprint density at radius 2 is 1.92 bits per heavy atom. The predicted molar refractivity (Wildman–Crippen MR) is 95.4 cm³/mol. The Morgan fingerprint density at radius 3 is 2.58 bits per heavy atom. The van der Waals surface area contributed by atoms with Gasteiger partial charge in [-0.15, -0.1) is 0 Å².